The van der Waals surface area contributed by atoms with Crippen LogP contribution in [0.1, 0.15) is 42.2 Å². The maximum atomic E-state index is 12.2. The maximum Gasteiger partial charge on any atom is 0.270 e. The first-order valence-electron chi connectivity index (χ1n) is 8.21. The lowest BCUT2D eigenvalue weighted by atomic mass is 10.2. The lowest BCUT2D eigenvalue weighted by molar-refractivity contribution is 0.0946. The van der Waals surface area contributed by atoms with E-state index in [1.165, 1.54) is 0 Å². The highest BCUT2D eigenvalue weighted by molar-refractivity contribution is 5.92. The number of unbranched alkanes of at least 4 members (excludes halogenated alkanes) is 2. The Balaban J connectivity index is 1.86. The van der Waals surface area contributed by atoms with Crippen molar-refractivity contribution in [3.05, 3.63) is 47.8 Å². The highest BCUT2D eigenvalue weighted by atomic mass is 16.5. The number of methoxy groups -OCH3 is 1. The minimum absolute atomic E-state index is 0.218. The Bertz CT molecular complexity index is 644. The third kappa shape index (κ3) is 5.53. The number of rotatable bonds is 9. The van der Waals surface area contributed by atoms with Crippen LogP contribution >= 0.6 is 0 Å². The van der Waals surface area contributed by atoms with Gasteiger partial charge in [-0.25, -0.2) is 9.97 Å². The summed E-state index contributed by atoms with van der Waals surface area (Å²) in [4.78, 5) is 20.6. The number of aromatic nitrogens is 2. The standard InChI is InChI=1S/C18H24N4O2/c1-3-4-5-11-19-18-20-12-10-16(22-18)17(23)21-13-14-6-8-15(24-2)9-7-14/h6-10,12H,3-5,11,13H2,1-2H3,(H,21,23)(H,19,20,22). The van der Waals surface area contributed by atoms with E-state index in [2.05, 4.69) is 27.5 Å². The molecule has 6 nitrogen and oxygen atoms in total. The molecule has 0 atom stereocenters. The van der Waals surface area contributed by atoms with Crippen molar-refractivity contribution in [3.63, 3.8) is 0 Å². The number of hydrogen-bond donors (Lipinski definition) is 2. The molecule has 1 heterocycles. The first kappa shape index (κ1) is 17.7. The van der Waals surface area contributed by atoms with Gasteiger partial charge in [0.25, 0.3) is 5.91 Å². The molecule has 0 fully saturated rings. The number of carbonyl (C=O) groups is 1. The summed E-state index contributed by atoms with van der Waals surface area (Å²) in [7, 11) is 1.62. The van der Waals surface area contributed by atoms with E-state index < -0.39 is 0 Å². The van der Waals surface area contributed by atoms with Gasteiger partial charge in [-0.15, -0.1) is 0 Å². The summed E-state index contributed by atoms with van der Waals surface area (Å²) >= 11 is 0. The molecule has 0 aliphatic heterocycles. The van der Waals surface area contributed by atoms with Crippen LogP contribution in [0.2, 0.25) is 0 Å². The summed E-state index contributed by atoms with van der Waals surface area (Å²) in [5, 5.41) is 6.00. The van der Waals surface area contributed by atoms with Crippen molar-refractivity contribution in [2.75, 3.05) is 19.0 Å². The lowest BCUT2D eigenvalue weighted by Gasteiger charge is -2.08. The van der Waals surface area contributed by atoms with Crippen LogP contribution in [0.4, 0.5) is 5.95 Å². The van der Waals surface area contributed by atoms with Crippen LogP contribution in [0.25, 0.3) is 0 Å². The molecule has 128 valence electrons. The topological polar surface area (TPSA) is 76.1 Å². The summed E-state index contributed by atoms with van der Waals surface area (Å²) in [6.45, 7) is 3.40. The number of hydrogen-bond acceptors (Lipinski definition) is 5. The number of benzene rings is 1. The van der Waals surface area contributed by atoms with Gasteiger partial charge in [0.15, 0.2) is 0 Å². The van der Waals surface area contributed by atoms with Gasteiger partial charge in [0.1, 0.15) is 11.4 Å². The van der Waals surface area contributed by atoms with Crippen molar-refractivity contribution in [2.45, 2.75) is 32.7 Å². The molecule has 0 radical (unpaired) electrons. The number of carbonyl (C=O) groups excluding carboxylic acids is 1. The molecule has 0 saturated heterocycles. The summed E-state index contributed by atoms with van der Waals surface area (Å²) in [5.74, 6) is 1.06. The van der Waals surface area contributed by atoms with E-state index in [-0.39, 0.29) is 5.91 Å². The van der Waals surface area contributed by atoms with Gasteiger partial charge in [-0.3, -0.25) is 4.79 Å². The molecule has 2 rings (SSSR count). The average molecular weight is 328 g/mol. The molecule has 24 heavy (non-hydrogen) atoms. The van der Waals surface area contributed by atoms with Gasteiger partial charge in [0.05, 0.1) is 7.11 Å². The van der Waals surface area contributed by atoms with Gasteiger partial charge in [-0.1, -0.05) is 31.9 Å². The van der Waals surface area contributed by atoms with Gasteiger partial charge >= 0.3 is 0 Å². The fourth-order valence-electron chi connectivity index (χ4n) is 2.16. The van der Waals surface area contributed by atoms with E-state index in [4.69, 9.17) is 4.74 Å². The first-order valence-corrected chi connectivity index (χ1v) is 8.21. The quantitative estimate of drug-likeness (QED) is 0.692. The SMILES string of the molecule is CCCCCNc1nccc(C(=O)NCc2ccc(OC)cc2)n1. The highest BCUT2D eigenvalue weighted by Gasteiger charge is 2.08. The predicted molar refractivity (Wildman–Crippen MR) is 94.2 cm³/mol. The van der Waals surface area contributed by atoms with E-state index in [0.29, 0.717) is 18.2 Å². The van der Waals surface area contributed by atoms with Gasteiger partial charge in [-0.2, -0.15) is 0 Å². The zero-order chi connectivity index (χ0) is 17.2. The van der Waals surface area contributed by atoms with E-state index in [1.54, 1.807) is 19.4 Å². The largest absolute Gasteiger partial charge is 0.497 e. The van der Waals surface area contributed by atoms with E-state index in [0.717, 1.165) is 37.1 Å². The predicted octanol–water partition coefficient (Wildman–Crippen LogP) is 3.02. The monoisotopic (exact) mass is 328 g/mol. The second kappa shape index (κ2) is 9.50. The lowest BCUT2D eigenvalue weighted by Crippen LogP contribution is -2.24. The van der Waals surface area contributed by atoms with Crippen LogP contribution in [0.15, 0.2) is 36.5 Å². The Morgan fingerprint density at radius 2 is 1.96 bits per heavy atom. The summed E-state index contributed by atoms with van der Waals surface area (Å²) in [6, 6.07) is 9.18. The number of nitrogens with one attached hydrogen (secondary N) is 2. The van der Waals surface area contributed by atoms with Crippen molar-refractivity contribution in [2.24, 2.45) is 0 Å². The second-order valence-electron chi connectivity index (χ2n) is 5.43. The number of ether oxygens (including phenoxy) is 1. The van der Waals surface area contributed by atoms with Crippen LogP contribution in [0, 0.1) is 0 Å². The average Bonchev–Trinajstić information content (AvgIpc) is 2.64. The molecule has 0 spiro atoms. The zero-order valence-corrected chi connectivity index (χ0v) is 14.2. The normalized spacial score (nSPS) is 10.2. The smallest absolute Gasteiger partial charge is 0.270 e. The summed E-state index contributed by atoms with van der Waals surface area (Å²) in [5.41, 5.74) is 1.35. The van der Waals surface area contributed by atoms with Crippen LogP contribution in [0.5, 0.6) is 5.75 Å². The van der Waals surface area contributed by atoms with E-state index in [1.807, 2.05) is 24.3 Å². The molecule has 0 unspecified atom stereocenters. The molecular weight excluding hydrogens is 304 g/mol. The van der Waals surface area contributed by atoms with Crippen LogP contribution in [-0.2, 0) is 6.54 Å². The first-order chi connectivity index (χ1) is 11.7. The van der Waals surface area contributed by atoms with Crippen molar-refractivity contribution in [3.8, 4) is 5.75 Å². The van der Waals surface area contributed by atoms with E-state index in [9.17, 15) is 4.79 Å². The van der Waals surface area contributed by atoms with Crippen LogP contribution in [0.3, 0.4) is 0 Å². The Morgan fingerprint density at radius 1 is 1.17 bits per heavy atom. The van der Waals surface area contributed by atoms with Crippen LogP contribution in [-0.4, -0.2) is 29.5 Å². The molecule has 1 aromatic heterocycles. The van der Waals surface area contributed by atoms with Crippen molar-refractivity contribution >= 4 is 11.9 Å². The molecule has 2 aromatic rings. The summed E-state index contributed by atoms with van der Waals surface area (Å²) in [6.07, 6.45) is 4.98. The van der Waals surface area contributed by atoms with Crippen molar-refractivity contribution in [1.29, 1.82) is 0 Å². The maximum absolute atomic E-state index is 12.2. The van der Waals surface area contributed by atoms with Crippen molar-refractivity contribution in [1.82, 2.24) is 15.3 Å². The molecule has 0 saturated carbocycles. The molecule has 0 aliphatic carbocycles. The minimum atomic E-state index is -0.218. The Morgan fingerprint density at radius 3 is 2.67 bits per heavy atom. The van der Waals surface area contributed by atoms with Gasteiger partial charge in [0.2, 0.25) is 5.95 Å². The van der Waals surface area contributed by atoms with Gasteiger partial charge < -0.3 is 15.4 Å². The Kier molecular flexibility index (Phi) is 7.01. The molecule has 2 N–H and O–H groups in total. The molecule has 6 heteroatoms. The zero-order valence-electron chi connectivity index (χ0n) is 14.2. The number of anilines is 1. The third-order valence-electron chi connectivity index (χ3n) is 3.56. The van der Waals surface area contributed by atoms with Crippen molar-refractivity contribution < 1.29 is 9.53 Å². The molecule has 1 amide bonds. The molecule has 1 aromatic carbocycles. The van der Waals surface area contributed by atoms with E-state index >= 15 is 0 Å². The third-order valence-corrected chi connectivity index (χ3v) is 3.56. The molecule has 0 bridgehead atoms. The van der Waals surface area contributed by atoms with Gasteiger partial charge in [-0.05, 0) is 30.2 Å². The molecular formula is C18H24N4O2. The Hall–Kier alpha value is -2.63. The highest BCUT2D eigenvalue weighted by Crippen LogP contribution is 2.11. The Labute approximate surface area is 142 Å². The van der Waals surface area contributed by atoms with Crippen LogP contribution < -0.4 is 15.4 Å². The number of nitrogens with zero attached hydrogens (tertiary/aromatic N) is 2. The minimum Gasteiger partial charge on any atom is -0.497 e. The summed E-state index contributed by atoms with van der Waals surface area (Å²) < 4.78 is 5.11. The van der Waals surface area contributed by atoms with Gasteiger partial charge in [0, 0.05) is 19.3 Å². The second-order valence-corrected chi connectivity index (χ2v) is 5.43. The fraction of sp³-hybridized carbons (Fsp3) is 0.389. The fourth-order valence-corrected chi connectivity index (χ4v) is 2.16. The molecule has 0 aliphatic rings. The number of amides is 1.